The Hall–Kier alpha value is -2.34. The first kappa shape index (κ1) is 18.5. The molecule has 3 rings (SSSR count). The zero-order valence-corrected chi connectivity index (χ0v) is 15.5. The molecule has 26 heavy (non-hydrogen) atoms. The van der Waals surface area contributed by atoms with E-state index >= 15 is 0 Å². The van der Waals surface area contributed by atoms with Crippen LogP contribution in [0.25, 0.3) is 11.1 Å². The summed E-state index contributed by atoms with van der Waals surface area (Å²) in [6.45, 7) is 2.06. The van der Waals surface area contributed by atoms with E-state index in [9.17, 15) is 13.2 Å². The van der Waals surface area contributed by atoms with E-state index in [1.807, 2.05) is 54.6 Å². The Bertz CT molecular complexity index is 847. The fraction of sp³-hybridized carbons (Fsp3) is 0.350. The molecule has 0 bridgehead atoms. The molecule has 0 spiro atoms. The molecule has 0 radical (unpaired) electrons. The van der Waals surface area contributed by atoms with E-state index in [-0.39, 0.29) is 23.3 Å². The molecule has 1 aliphatic heterocycles. The van der Waals surface area contributed by atoms with Crippen LogP contribution in [0.2, 0.25) is 0 Å². The number of rotatable bonds is 6. The molecule has 1 N–H and O–H groups in total. The van der Waals surface area contributed by atoms with E-state index in [0.29, 0.717) is 18.7 Å². The summed E-state index contributed by atoms with van der Waals surface area (Å²) in [5, 5.41) is 2.79. The number of hydrogen-bond acceptors (Lipinski definition) is 4. The second-order valence-corrected chi connectivity index (χ2v) is 8.89. The fourth-order valence-corrected chi connectivity index (χ4v) is 4.90. The van der Waals surface area contributed by atoms with Gasteiger partial charge in [0.25, 0.3) is 5.91 Å². The average molecular weight is 373 g/mol. The SMILES string of the molecule is C[C@@H](Oc1ccc(-c2ccccc2)cc1)C(=O)NC[C@H]1CCS(=O)(=O)C1. The van der Waals surface area contributed by atoms with Crippen LogP contribution in [0, 0.1) is 5.92 Å². The Morgan fingerprint density at radius 1 is 1.12 bits per heavy atom. The fourth-order valence-electron chi connectivity index (χ4n) is 3.04. The van der Waals surface area contributed by atoms with Gasteiger partial charge in [-0.2, -0.15) is 0 Å². The maximum Gasteiger partial charge on any atom is 0.260 e. The lowest BCUT2D eigenvalue weighted by Crippen LogP contribution is -2.39. The summed E-state index contributed by atoms with van der Waals surface area (Å²) in [6, 6.07) is 17.6. The number of amides is 1. The highest BCUT2D eigenvalue weighted by Crippen LogP contribution is 2.22. The van der Waals surface area contributed by atoms with Crippen LogP contribution in [0.3, 0.4) is 0 Å². The third kappa shape index (κ3) is 4.85. The third-order valence-corrected chi connectivity index (χ3v) is 6.37. The van der Waals surface area contributed by atoms with E-state index in [1.165, 1.54) is 0 Å². The number of benzene rings is 2. The maximum atomic E-state index is 12.2. The molecule has 6 heteroatoms. The van der Waals surface area contributed by atoms with Crippen molar-refractivity contribution in [3.63, 3.8) is 0 Å². The number of sulfone groups is 1. The lowest BCUT2D eigenvalue weighted by molar-refractivity contribution is -0.127. The molecule has 0 aliphatic carbocycles. The summed E-state index contributed by atoms with van der Waals surface area (Å²) in [5.74, 6) is 0.759. The Kier molecular flexibility index (Phi) is 5.61. The van der Waals surface area contributed by atoms with Gasteiger partial charge in [-0.3, -0.25) is 4.79 Å². The van der Waals surface area contributed by atoms with Crippen molar-refractivity contribution >= 4 is 15.7 Å². The topological polar surface area (TPSA) is 72.5 Å². The van der Waals surface area contributed by atoms with Gasteiger partial charge in [-0.25, -0.2) is 8.42 Å². The van der Waals surface area contributed by atoms with Crippen LogP contribution in [-0.2, 0) is 14.6 Å². The summed E-state index contributed by atoms with van der Waals surface area (Å²) in [7, 11) is -2.92. The normalized spacial score (nSPS) is 19.7. The minimum absolute atomic E-state index is 0.00121. The molecule has 2 aromatic rings. The standard InChI is InChI=1S/C20H23NO4S/c1-15(20(22)21-13-16-11-12-26(23,24)14-16)25-19-9-7-18(8-10-19)17-5-3-2-4-6-17/h2-10,15-16H,11-14H2,1H3,(H,21,22)/t15-,16-/m1/s1. The molecular weight excluding hydrogens is 350 g/mol. The number of hydrogen-bond donors (Lipinski definition) is 1. The van der Waals surface area contributed by atoms with Crippen LogP contribution in [0.4, 0.5) is 0 Å². The number of ether oxygens (including phenoxy) is 1. The van der Waals surface area contributed by atoms with Gasteiger partial charge in [0, 0.05) is 6.54 Å². The largest absolute Gasteiger partial charge is 0.481 e. The van der Waals surface area contributed by atoms with Crippen LogP contribution >= 0.6 is 0 Å². The van der Waals surface area contributed by atoms with Gasteiger partial charge in [-0.1, -0.05) is 42.5 Å². The van der Waals surface area contributed by atoms with Gasteiger partial charge in [0.15, 0.2) is 15.9 Å². The molecule has 2 atom stereocenters. The summed E-state index contributed by atoms with van der Waals surface area (Å²) < 4.78 is 28.6. The van der Waals surface area contributed by atoms with E-state index in [0.717, 1.165) is 11.1 Å². The molecule has 2 aromatic carbocycles. The minimum Gasteiger partial charge on any atom is -0.481 e. The van der Waals surface area contributed by atoms with E-state index in [4.69, 9.17) is 4.74 Å². The van der Waals surface area contributed by atoms with Crippen LogP contribution in [0.15, 0.2) is 54.6 Å². The molecule has 0 aromatic heterocycles. The highest BCUT2D eigenvalue weighted by Gasteiger charge is 2.28. The highest BCUT2D eigenvalue weighted by atomic mass is 32.2. The zero-order valence-electron chi connectivity index (χ0n) is 14.7. The molecule has 1 saturated heterocycles. The van der Waals surface area contributed by atoms with Crippen LogP contribution < -0.4 is 10.1 Å². The quantitative estimate of drug-likeness (QED) is 0.845. The van der Waals surface area contributed by atoms with Crippen molar-refractivity contribution in [1.82, 2.24) is 5.32 Å². The minimum atomic E-state index is -2.92. The van der Waals surface area contributed by atoms with Crippen molar-refractivity contribution in [2.75, 3.05) is 18.1 Å². The zero-order chi connectivity index (χ0) is 18.6. The lowest BCUT2D eigenvalue weighted by Gasteiger charge is -2.16. The second kappa shape index (κ2) is 7.91. The predicted molar refractivity (Wildman–Crippen MR) is 102 cm³/mol. The lowest BCUT2D eigenvalue weighted by atomic mass is 10.1. The first-order chi connectivity index (χ1) is 12.4. The van der Waals surface area contributed by atoms with Crippen LogP contribution in [0.5, 0.6) is 5.75 Å². The molecule has 1 aliphatic rings. The van der Waals surface area contributed by atoms with Crippen molar-refractivity contribution in [1.29, 1.82) is 0 Å². The smallest absolute Gasteiger partial charge is 0.260 e. The number of carbonyl (C=O) groups is 1. The van der Waals surface area contributed by atoms with E-state index < -0.39 is 15.9 Å². The Balaban J connectivity index is 1.51. The molecule has 1 fully saturated rings. The molecule has 0 unspecified atom stereocenters. The summed E-state index contributed by atoms with van der Waals surface area (Å²) in [4.78, 5) is 12.2. The first-order valence-electron chi connectivity index (χ1n) is 8.73. The molecule has 5 nitrogen and oxygen atoms in total. The Morgan fingerprint density at radius 2 is 1.77 bits per heavy atom. The second-order valence-electron chi connectivity index (χ2n) is 6.66. The van der Waals surface area contributed by atoms with Crippen molar-refractivity contribution < 1.29 is 17.9 Å². The summed E-state index contributed by atoms with van der Waals surface area (Å²) in [6.07, 6.45) is -0.0331. The number of nitrogens with one attached hydrogen (secondary N) is 1. The summed E-state index contributed by atoms with van der Waals surface area (Å²) >= 11 is 0. The third-order valence-electron chi connectivity index (χ3n) is 4.54. The predicted octanol–water partition coefficient (Wildman–Crippen LogP) is 2.67. The van der Waals surface area contributed by atoms with Gasteiger partial charge >= 0.3 is 0 Å². The molecular formula is C20H23NO4S. The van der Waals surface area contributed by atoms with Crippen LogP contribution in [0.1, 0.15) is 13.3 Å². The van der Waals surface area contributed by atoms with Gasteiger partial charge in [0.1, 0.15) is 5.75 Å². The Labute approximate surface area is 154 Å². The van der Waals surface area contributed by atoms with Gasteiger partial charge in [-0.15, -0.1) is 0 Å². The van der Waals surface area contributed by atoms with Crippen molar-refractivity contribution in [2.45, 2.75) is 19.4 Å². The Morgan fingerprint density at radius 3 is 2.38 bits per heavy atom. The van der Waals surface area contributed by atoms with Gasteiger partial charge < -0.3 is 10.1 Å². The van der Waals surface area contributed by atoms with Gasteiger partial charge in [0.2, 0.25) is 0 Å². The van der Waals surface area contributed by atoms with Crippen molar-refractivity contribution in [3.05, 3.63) is 54.6 Å². The molecule has 138 valence electrons. The van der Waals surface area contributed by atoms with Gasteiger partial charge in [-0.05, 0) is 42.5 Å². The monoisotopic (exact) mass is 373 g/mol. The van der Waals surface area contributed by atoms with E-state index in [2.05, 4.69) is 5.32 Å². The highest BCUT2D eigenvalue weighted by molar-refractivity contribution is 7.91. The van der Waals surface area contributed by atoms with Crippen molar-refractivity contribution in [2.24, 2.45) is 5.92 Å². The van der Waals surface area contributed by atoms with E-state index in [1.54, 1.807) is 6.92 Å². The first-order valence-corrected chi connectivity index (χ1v) is 10.6. The number of carbonyl (C=O) groups excluding carboxylic acids is 1. The average Bonchev–Trinajstić information content (AvgIpc) is 3.00. The molecule has 0 saturated carbocycles. The van der Waals surface area contributed by atoms with Crippen LogP contribution in [-0.4, -0.2) is 38.5 Å². The van der Waals surface area contributed by atoms with Crippen molar-refractivity contribution in [3.8, 4) is 16.9 Å². The molecule has 1 heterocycles. The van der Waals surface area contributed by atoms with Gasteiger partial charge in [0.05, 0.1) is 11.5 Å². The summed E-state index contributed by atoms with van der Waals surface area (Å²) in [5.41, 5.74) is 2.20. The molecule has 1 amide bonds. The maximum absolute atomic E-state index is 12.2.